The Morgan fingerprint density at radius 2 is 1.89 bits per heavy atom. The number of aliphatic imine (C=N–C) groups is 1. The number of ether oxygens (including phenoxy) is 1. The van der Waals surface area contributed by atoms with Gasteiger partial charge in [-0.1, -0.05) is 24.3 Å². The number of hydrogen-bond donors (Lipinski definition) is 0. The number of para-hydroxylation sites is 1. The van der Waals surface area contributed by atoms with Crippen LogP contribution in [0.4, 0.5) is 17.1 Å². The molecular formula is C22H19N3O3. The van der Waals surface area contributed by atoms with E-state index in [1.165, 1.54) is 11.6 Å². The minimum atomic E-state index is -0.738. The van der Waals surface area contributed by atoms with Gasteiger partial charge in [-0.25, -0.2) is 0 Å². The third-order valence-electron chi connectivity index (χ3n) is 6.12. The van der Waals surface area contributed by atoms with Gasteiger partial charge < -0.3 is 9.64 Å². The summed E-state index contributed by atoms with van der Waals surface area (Å²) in [5.41, 5.74) is 2.06. The number of nitro benzene ring substituents is 1. The number of non-ortho nitro benzene ring substituents is 1. The molecule has 0 radical (unpaired) electrons. The topological polar surface area (TPSA) is 68.0 Å². The van der Waals surface area contributed by atoms with Gasteiger partial charge in [-0.15, -0.1) is 0 Å². The summed E-state index contributed by atoms with van der Waals surface area (Å²) in [6, 6.07) is 16.8. The van der Waals surface area contributed by atoms with Crippen LogP contribution in [0.25, 0.3) is 10.8 Å². The van der Waals surface area contributed by atoms with Crippen molar-refractivity contribution in [1.82, 2.24) is 0 Å². The number of rotatable bonds is 1. The van der Waals surface area contributed by atoms with E-state index in [1.807, 2.05) is 37.5 Å². The largest absolute Gasteiger partial charge is 0.459 e. The SMILES string of the molecule is CN1c2ccccc2C(C)(C)[C@]12C=Nc1c(ccc3cc([N+](=O)[O-])ccc13)O2. The number of fused-ring (bicyclic) bond motifs is 4. The van der Waals surface area contributed by atoms with Crippen LogP contribution in [0.15, 0.2) is 59.6 Å². The maximum absolute atomic E-state index is 11.1. The molecule has 0 N–H and O–H groups in total. The number of anilines is 1. The van der Waals surface area contributed by atoms with Crippen LogP contribution in [0.5, 0.6) is 5.75 Å². The second-order valence-corrected chi connectivity index (χ2v) is 7.83. The van der Waals surface area contributed by atoms with Gasteiger partial charge in [0.15, 0.2) is 0 Å². The minimum Gasteiger partial charge on any atom is -0.459 e. The standard InChI is InChI=1S/C22H19N3O3/c1-21(2)17-6-4-5-7-18(17)24(3)22(21)13-23-20-16-10-9-15(25(26)27)12-14(16)8-11-19(20)28-22/h4-13H,1-3H3/t22-/m1/s1. The lowest BCUT2D eigenvalue weighted by Gasteiger charge is -2.45. The van der Waals surface area contributed by atoms with E-state index in [1.54, 1.807) is 12.1 Å². The van der Waals surface area contributed by atoms with Crippen LogP contribution < -0.4 is 9.64 Å². The fraction of sp³-hybridized carbons (Fsp3) is 0.227. The molecule has 3 aromatic carbocycles. The molecule has 1 atom stereocenters. The Morgan fingerprint density at radius 3 is 2.64 bits per heavy atom. The molecule has 0 aliphatic carbocycles. The zero-order chi connectivity index (χ0) is 19.7. The summed E-state index contributed by atoms with van der Waals surface area (Å²) in [5, 5.41) is 12.7. The molecule has 6 heteroatoms. The van der Waals surface area contributed by atoms with Gasteiger partial charge in [0.25, 0.3) is 5.69 Å². The van der Waals surface area contributed by atoms with Gasteiger partial charge in [0.05, 0.1) is 16.6 Å². The fourth-order valence-corrected chi connectivity index (χ4v) is 4.49. The molecule has 0 fully saturated rings. The van der Waals surface area contributed by atoms with Crippen molar-refractivity contribution in [3.63, 3.8) is 0 Å². The maximum atomic E-state index is 11.1. The molecule has 3 aromatic rings. The first-order valence-corrected chi connectivity index (χ1v) is 9.14. The third kappa shape index (κ3) is 1.94. The molecule has 0 bridgehead atoms. The van der Waals surface area contributed by atoms with Crippen molar-refractivity contribution in [2.45, 2.75) is 25.0 Å². The first-order valence-electron chi connectivity index (χ1n) is 9.14. The zero-order valence-electron chi connectivity index (χ0n) is 15.8. The van der Waals surface area contributed by atoms with Crippen LogP contribution in [-0.4, -0.2) is 23.9 Å². The smallest absolute Gasteiger partial charge is 0.270 e. The Balaban J connectivity index is 1.67. The van der Waals surface area contributed by atoms with Crippen LogP contribution in [-0.2, 0) is 5.41 Å². The minimum absolute atomic E-state index is 0.0664. The van der Waals surface area contributed by atoms with Crippen molar-refractivity contribution < 1.29 is 9.66 Å². The van der Waals surface area contributed by atoms with Gasteiger partial charge in [0, 0.05) is 30.3 Å². The lowest BCUT2D eigenvalue weighted by Crippen LogP contribution is -2.61. The molecule has 28 heavy (non-hydrogen) atoms. The second kappa shape index (κ2) is 5.32. The molecular weight excluding hydrogens is 354 g/mol. The lowest BCUT2D eigenvalue weighted by atomic mass is 9.77. The van der Waals surface area contributed by atoms with E-state index in [-0.39, 0.29) is 16.0 Å². The first-order chi connectivity index (χ1) is 13.3. The van der Waals surface area contributed by atoms with Crippen molar-refractivity contribution in [3.05, 3.63) is 70.3 Å². The van der Waals surface area contributed by atoms with E-state index >= 15 is 0 Å². The van der Waals surface area contributed by atoms with Gasteiger partial charge in [-0.05, 0) is 43.0 Å². The monoisotopic (exact) mass is 373 g/mol. The normalized spacial score (nSPS) is 21.5. The number of hydrogen-bond acceptors (Lipinski definition) is 5. The summed E-state index contributed by atoms with van der Waals surface area (Å²) < 4.78 is 6.62. The highest BCUT2D eigenvalue weighted by molar-refractivity contribution is 6.00. The third-order valence-corrected chi connectivity index (χ3v) is 6.12. The second-order valence-electron chi connectivity index (χ2n) is 7.83. The van der Waals surface area contributed by atoms with Crippen LogP contribution in [0.3, 0.4) is 0 Å². The Bertz CT molecular complexity index is 1180. The average Bonchev–Trinajstić information content (AvgIpc) is 2.86. The number of nitrogens with zero attached hydrogens (tertiary/aromatic N) is 3. The van der Waals surface area contributed by atoms with Crippen molar-refractivity contribution >= 4 is 34.0 Å². The summed E-state index contributed by atoms with van der Waals surface area (Å²) in [4.78, 5) is 17.6. The van der Waals surface area contributed by atoms with Crippen LogP contribution >= 0.6 is 0 Å². The summed E-state index contributed by atoms with van der Waals surface area (Å²) in [6.07, 6.45) is 1.87. The van der Waals surface area contributed by atoms with E-state index in [0.29, 0.717) is 11.4 Å². The summed E-state index contributed by atoms with van der Waals surface area (Å²) in [7, 11) is 2.02. The molecule has 0 saturated carbocycles. The maximum Gasteiger partial charge on any atom is 0.270 e. The highest BCUT2D eigenvalue weighted by atomic mass is 16.6. The molecule has 0 unspecified atom stereocenters. The van der Waals surface area contributed by atoms with Crippen LogP contribution in [0.2, 0.25) is 0 Å². The van der Waals surface area contributed by atoms with Crippen molar-refractivity contribution in [3.8, 4) is 5.75 Å². The Hall–Kier alpha value is -3.41. The molecule has 2 heterocycles. The van der Waals surface area contributed by atoms with E-state index < -0.39 is 5.72 Å². The molecule has 1 spiro atoms. The molecule has 5 rings (SSSR count). The summed E-state index contributed by atoms with van der Waals surface area (Å²) in [5.74, 6) is 0.677. The van der Waals surface area contributed by atoms with Crippen LogP contribution in [0.1, 0.15) is 19.4 Å². The van der Waals surface area contributed by atoms with E-state index in [0.717, 1.165) is 16.5 Å². The van der Waals surface area contributed by atoms with Gasteiger partial charge in [-0.3, -0.25) is 15.1 Å². The van der Waals surface area contributed by atoms with Crippen molar-refractivity contribution in [1.29, 1.82) is 0 Å². The molecule has 0 amide bonds. The molecule has 2 aliphatic heterocycles. The summed E-state index contributed by atoms with van der Waals surface area (Å²) >= 11 is 0. The highest BCUT2D eigenvalue weighted by Gasteiger charge is 2.58. The van der Waals surface area contributed by atoms with E-state index in [9.17, 15) is 10.1 Å². The Labute approximate surface area is 162 Å². The number of likely N-dealkylation sites (N-methyl/N-ethyl adjacent to an activating group) is 1. The predicted molar refractivity (Wildman–Crippen MR) is 110 cm³/mol. The number of nitro groups is 1. The molecule has 2 aliphatic rings. The predicted octanol–water partition coefficient (Wildman–Crippen LogP) is 4.97. The van der Waals surface area contributed by atoms with Crippen LogP contribution in [0, 0.1) is 10.1 Å². The van der Waals surface area contributed by atoms with Crippen molar-refractivity contribution in [2.24, 2.45) is 4.99 Å². The van der Waals surface area contributed by atoms with Gasteiger partial charge in [-0.2, -0.15) is 0 Å². The average molecular weight is 373 g/mol. The van der Waals surface area contributed by atoms with Gasteiger partial charge in [0.1, 0.15) is 11.4 Å². The highest BCUT2D eigenvalue weighted by Crippen LogP contribution is 2.54. The molecule has 6 nitrogen and oxygen atoms in total. The Kier molecular flexibility index (Phi) is 3.18. The van der Waals surface area contributed by atoms with E-state index in [2.05, 4.69) is 30.9 Å². The zero-order valence-corrected chi connectivity index (χ0v) is 15.8. The van der Waals surface area contributed by atoms with Gasteiger partial charge in [0.2, 0.25) is 5.72 Å². The Morgan fingerprint density at radius 1 is 1.11 bits per heavy atom. The molecule has 0 saturated heterocycles. The quantitative estimate of drug-likeness (QED) is 0.446. The summed E-state index contributed by atoms with van der Waals surface area (Å²) in [6.45, 7) is 4.33. The first kappa shape index (κ1) is 16.7. The lowest BCUT2D eigenvalue weighted by molar-refractivity contribution is -0.384. The molecule has 0 aromatic heterocycles. The fourth-order valence-electron chi connectivity index (χ4n) is 4.49. The van der Waals surface area contributed by atoms with E-state index in [4.69, 9.17) is 9.73 Å². The van der Waals surface area contributed by atoms with Crippen molar-refractivity contribution in [2.75, 3.05) is 11.9 Å². The molecule has 140 valence electrons. The number of benzene rings is 3. The van der Waals surface area contributed by atoms with Gasteiger partial charge >= 0.3 is 0 Å².